The molecule has 158 valence electrons. The van der Waals surface area contributed by atoms with E-state index in [0.717, 1.165) is 35.8 Å². The minimum Gasteiger partial charge on any atom is -0.492 e. The van der Waals surface area contributed by atoms with Gasteiger partial charge in [-0.3, -0.25) is 9.59 Å². The van der Waals surface area contributed by atoms with Crippen LogP contribution in [0, 0.1) is 5.82 Å². The van der Waals surface area contributed by atoms with Gasteiger partial charge >= 0.3 is 0 Å². The van der Waals surface area contributed by atoms with Crippen molar-refractivity contribution in [2.24, 2.45) is 0 Å². The molecule has 3 aromatic carbocycles. The smallest absolute Gasteiger partial charge is 0.170 e. The van der Waals surface area contributed by atoms with Gasteiger partial charge in [-0.15, -0.1) is 0 Å². The summed E-state index contributed by atoms with van der Waals surface area (Å²) in [4.78, 5) is 27.1. The van der Waals surface area contributed by atoms with Gasteiger partial charge in [0.05, 0.1) is 12.2 Å². The predicted molar refractivity (Wildman–Crippen MR) is 118 cm³/mol. The maximum absolute atomic E-state index is 14.1. The van der Waals surface area contributed by atoms with Crippen LogP contribution in [0.4, 0.5) is 4.39 Å². The Kier molecular flexibility index (Phi) is 5.28. The first-order valence-electron chi connectivity index (χ1n) is 10.8. The van der Waals surface area contributed by atoms with Crippen molar-refractivity contribution in [1.29, 1.82) is 0 Å². The molecule has 0 amide bonds. The monoisotopic (exact) mass is 417 g/mol. The molecule has 0 aromatic heterocycles. The lowest BCUT2D eigenvalue weighted by atomic mass is 9.97. The van der Waals surface area contributed by atoms with Crippen LogP contribution in [0.25, 0.3) is 10.8 Å². The molecule has 1 atom stereocenters. The summed E-state index contributed by atoms with van der Waals surface area (Å²) in [5.41, 5.74) is 2.06. The van der Waals surface area contributed by atoms with Crippen molar-refractivity contribution >= 4 is 22.3 Å². The average molecular weight is 417 g/mol. The minimum absolute atomic E-state index is 0.0888. The number of benzene rings is 3. The van der Waals surface area contributed by atoms with E-state index >= 15 is 0 Å². The quantitative estimate of drug-likeness (QED) is 0.548. The summed E-state index contributed by atoms with van der Waals surface area (Å²) >= 11 is 0. The van der Waals surface area contributed by atoms with E-state index in [1.807, 2.05) is 42.5 Å². The minimum atomic E-state index is -0.144. The molecule has 5 heteroatoms. The van der Waals surface area contributed by atoms with Crippen LogP contribution in [-0.4, -0.2) is 42.7 Å². The van der Waals surface area contributed by atoms with Crippen molar-refractivity contribution in [3.8, 4) is 5.75 Å². The summed E-state index contributed by atoms with van der Waals surface area (Å²) in [5, 5.41) is 1.83. The summed E-state index contributed by atoms with van der Waals surface area (Å²) in [6.45, 7) is 2.73. The van der Waals surface area contributed by atoms with E-state index < -0.39 is 0 Å². The molecular formula is C26H24FNO3. The molecule has 2 aliphatic rings. The molecule has 2 aliphatic heterocycles. The number of likely N-dealkylation sites (tertiary alicyclic amines) is 1. The summed E-state index contributed by atoms with van der Waals surface area (Å²) in [6.07, 6.45) is 1.74. The lowest BCUT2D eigenvalue weighted by molar-refractivity contribution is 0.0931. The molecule has 0 bridgehead atoms. The second-order valence-corrected chi connectivity index (χ2v) is 8.41. The molecule has 31 heavy (non-hydrogen) atoms. The van der Waals surface area contributed by atoms with Crippen LogP contribution >= 0.6 is 0 Å². The van der Waals surface area contributed by atoms with E-state index in [9.17, 15) is 14.0 Å². The summed E-state index contributed by atoms with van der Waals surface area (Å²) in [6, 6.07) is 16.3. The van der Waals surface area contributed by atoms with E-state index in [0.29, 0.717) is 42.9 Å². The third-order valence-electron chi connectivity index (χ3n) is 6.42. The molecule has 5 rings (SSSR count). The predicted octanol–water partition coefficient (Wildman–Crippen LogP) is 5.01. The van der Waals surface area contributed by atoms with Gasteiger partial charge in [-0.2, -0.15) is 0 Å². The van der Waals surface area contributed by atoms with Crippen molar-refractivity contribution in [3.63, 3.8) is 0 Å². The highest BCUT2D eigenvalue weighted by molar-refractivity contribution is 6.05. The molecule has 1 fully saturated rings. The molecule has 2 heterocycles. The first kappa shape index (κ1) is 19.9. The molecule has 1 saturated heterocycles. The van der Waals surface area contributed by atoms with E-state index in [-0.39, 0.29) is 23.3 Å². The first-order valence-corrected chi connectivity index (χ1v) is 10.8. The van der Waals surface area contributed by atoms with Crippen LogP contribution in [-0.2, 0) is 0 Å². The molecular weight excluding hydrogens is 393 g/mol. The lowest BCUT2D eigenvalue weighted by Crippen LogP contribution is -2.23. The first-order chi connectivity index (χ1) is 15.1. The van der Waals surface area contributed by atoms with Crippen molar-refractivity contribution in [3.05, 3.63) is 77.1 Å². The van der Waals surface area contributed by atoms with Crippen molar-refractivity contribution < 1.29 is 18.7 Å². The third-order valence-corrected chi connectivity index (χ3v) is 6.42. The molecule has 3 aromatic rings. The van der Waals surface area contributed by atoms with Gasteiger partial charge in [0, 0.05) is 37.4 Å². The van der Waals surface area contributed by atoms with Crippen molar-refractivity contribution in [1.82, 2.24) is 4.90 Å². The van der Waals surface area contributed by atoms with Gasteiger partial charge < -0.3 is 9.64 Å². The second kappa shape index (κ2) is 8.23. The maximum Gasteiger partial charge on any atom is 0.170 e. The zero-order chi connectivity index (χ0) is 21.4. The van der Waals surface area contributed by atoms with Crippen LogP contribution in [0.5, 0.6) is 5.75 Å². The zero-order valence-corrected chi connectivity index (χ0v) is 17.3. The van der Waals surface area contributed by atoms with Gasteiger partial charge in [0.25, 0.3) is 0 Å². The normalized spacial score (nSPS) is 18.7. The van der Waals surface area contributed by atoms with E-state index in [4.69, 9.17) is 4.74 Å². The Morgan fingerprint density at radius 3 is 2.84 bits per heavy atom. The van der Waals surface area contributed by atoms with Gasteiger partial charge in [0.2, 0.25) is 0 Å². The molecule has 0 spiro atoms. The Balaban J connectivity index is 1.25. The zero-order valence-electron chi connectivity index (χ0n) is 17.3. The highest BCUT2D eigenvalue weighted by Gasteiger charge is 2.26. The van der Waals surface area contributed by atoms with Gasteiger partial charge in [-0.1, -0.05) is 30.3 Å². The fraction of sp³-hybridized carbons (Fsp3) is 0.308. The molecule has 0 aliphatic carbocycles. The van der Waals surface area contributed by atoms with Crippen LogP contribution < -0.4 is 4.74 Å². The SMILES string of the molecule is O=C(CCN1CCC(c2ccccc2F)C1)c1ccc2cc3c(cc2c1)OCCC3=O. The summed E-state index contributed by atoms with van der Waals surface area (Å²) in [7, 11) is 0. The number of fused-ring (bicyclic) bond motifs is 2. The number of halogens is 1. The number of hydrogen-bond donors (Lipinski definition) is 0. The van der Waals surface area contributed by atoms with Gasteiger partial charge in [0.15, 0.2) is 11.6 Å². The van der Waals surface area contributed by atoms with Crippen LogP contribution in [0.2, 0.25) is 0 Å². The van der Waals surface area contributed by atoms with E-state index in [2.05, 4.69) is 4.90 Å². The molecule has 0 radical (unpaired) electrons. The lowest BCUT2D eigenvalue weighted by Gasteiger charge is -2.17. The third kappa shape index (κ3) is 3.98. The Morgan fingerprint density at radius 2 is 1.97 bits per heavy atom. The topological polar surface area (TPSA) is 46.6 Å². The summed E-state index contributed by atoms with van der Waals surface area (Å²) in [5.74, 6) is 0.832. The van der Waals surface area contributed by atoms with Crippen molar-refractivity contribution in [2.45, 2.75) is 25.2 Å². The molecule has 0 saturated carbocycles. The fourth-order valence-electron chi connectivity index (χ4n) is 4.68. The van der Waals surface area contributed by atoms with E-state index in [1.54, 1.807) is 6.07 Å². The number of carbonyl (C=O) groups is 2. The Hall–Kier alpha value is -3.05. The number of ketones is 2. The Bertz CT molecular complexity index is 1170. The second-order valence-electron chi connectivity index (χ2n) is 8.41. The Labute approximate surface area is 180 Å². The van der Waals surface area contributed by atoms with Gasteiger partial charge in [0.1, 0.15) is 11.6 Å². The largest absolute Gasteiger partial charge is 0.492 e. The highest BCUT2D eigenvalue weighted by atomic mass is 19.1. The highest BCUT2D eigenvalue weighted by Crippen LogP contribution is 2.31. The number of hydrogen-bond acceptors (Lipinski definition) is 4. The Morgan fingerprint density at radius 1 is 1.10 bits per heavy atom. The van der Waals surface area contributed by atoms with Crippen LogP contribution in [0.3, 0.4) is 0 Å². The van der Waals surface area contributed by atoms with Crippen LogP contribution in [0.15, 0.2) is 54.6 Å². The number of rotatable bonds is 5. The number of carbonyl (C=O) groups excluding carboxylic acids is 2. The van der Waals surface area contributed by atoms with Gasteiger partial charge in [-0.05, 0) is 53.6 Å². The molecule has 0 N–H and O–H groups in total. The maximum atomic E-state index is 14.1. The molecule has 1 unspecified atom stereocenters. The number of Topliss-reactive ketones (excluding diaryl/α,β-unsaturated/α-hetero) is 2. The number of ether oxygens (including phenoxy) is 1. The average Bonchev–Trinajstić information content (AvgIpc) is 3.25. The fourth-order valence-corrected chi connectivity index (χ4v) is 4.68. The van der Waals surface area contributed by atoms with Crippen molar-refractivity contribution in [2.75, 3.05) is 26.2 Å². The number of nitrogens with zero attached hydrogens (tertiary/aromatic N) is 1. The summed E-state index contributed by atoms with van der Waals surface area (Å²) < 4.78 is 19.7. The van der Waals surface area contributed by atoms with E-state index in [1.165, 1.54) is 6.07 Å². The van der Waals surface area contributed by atoms with Crippen LogP contribution in [0.1, 0.15) is 51.5 Å². The standard InChI is InChI=1S/C26H24FNO3/c27-23-4-2-1-3-21(23)19-7-10-28(16-19)11-8-24(29)18-6-5-17-14-22-25(30)9-12-31-26(22)15-20(17)13-18/h1-6,13-15,19H,7-12,16H2. The van der Waals surface area contributed by atoms with Gasteiger partial charge in [-0.25, -0.2) is 4.39 Å². The molecule has 4 nitrogen and oxygen atoms in total.